The predicted octanol–water partition coefficient (Wildman–Crippen LogP) is 2.78. The molecule has 1 fully saturated rings. The first kappa shape index (κ1) is 22.2. The fourth-order valence-corrected chi connectivity index (χ4v) is 3.47. The maximum Gasteiger partial charge on any atom is 0.355 e. The Morgan fingerprint density at radius 2 is 1.83 bits per heavy atom. The van der Waals surface area contributed by atoms with Crippen LogP contribution in [0.25, 0.3) is 6.08 Å². The van der Waals surface area contributed by atoms with Crippen LogP contribution in [-0.4, -0.2) is 41.4 Å². The van der Waals surface area contributed by atoms with Gasteiger partial charge < -0.3 is 15.0 Å². The normalized spacial score (nSPS) is 16.8. The van der Waals surface area contributed by atoms with E-state index in [4.69, 9.17) is 4.74 Å². The molecule has 1 atom stereocenters. The van der Waals surface area contributed by atoms with Gasteiger partial charge in [0.1, 0.15) is 11.2 Å². The first-order valence-corrected chi connectivity index (χ1v) is 9.73. The Hall–Kier alpha value is -3.14. The molecule has 0 radical (unpaired) electrons. The third-order valence-corrected chi connectivity index (χ3v) is 5.13. The first-order valence-electron chi connectivity index (χ1n) is 9.73. The summed E-state index contributed by atoms with van der Waals surface area (Å²) in [5, 5.41) is 12.1. The number of amides is 2. The van der Waals surface area contributed by atoms with Crippen molar-refractivity contribution in [2.45, 2.75) is 57.6 Å². The molecule has 0 unspecified atom stereocenters. The standard InChI is InChI=1S/C22H27N3O4/c1-16(20(27)25(3)22(15-23)12-8-5-9-13-22)29-21(28)19(24-17(2)26)14-18-10-6-4-7-11-18/h4,6-7,10-11,14,16H,5,8-9,12-13H2,1-3H3,(H,24,26)/b19-14-/t16-/m0/s1. The molecule has 2 rings (SSSR count). The van der Waals surface area contributed by atoms with E-state index in [1.807, 2.05) is 6.07 Å². The molecule has 1 aliphatic rings. The molecule has 7 heteroatoms. The Morgan fingerprint density at radius 1 is 1.21 bits per heavy atom. The monoisotopic (exact) mass is 397 g/mol. The van der Waals surface area contributed by atoms with Crippen molar-refractivity contribution in [1.29, 1.82) is 5.26 Å². The average Bonchev–Trinajstić information content (AvgIpc) is 2.73. The van der Waals surface area contributed by atoms with Crippen LogP contribution in [0.2, 0.25) is 0 Å². The number of rotatable bonds is 6. The van der Waals surface area contributed by atoms with Gasteiger partial charge in [0.25, 0.3) is 5.91 Å². The number of carbonyl (C=O) groups excluding carboxylic acids is 3. The second kappa shape index (κ2) is 9.87. The third kappa shape index (κ3) is 5.67. The van der Waals surface area contributed by atoms with E-state index in [0.717, 1.165) is 19.3 Å². The van der Waals surface area contributed by atoms with Crippen molar-refractivity contribution in [3.63, 3.8) is 0 Å². The van der Waals surface area contributed by atoms with Gasteiger partial charge in [-0.25, -0.2) is 4.79 Å². The molecule has 1 aromatic carbocycles. The molecule has 1 aliphatic carbocycles. The molecule has 2 amide bonds. The quantitative estimate of drug-likeness (QED) is 0.588. The number of carbonyl (C=O) groups is 3. The van der Waals surface area contributed by atoms with Crippen molar-refractivity contribution in [2.24, 2.45) is 0 Å². The van der Waals surface area contributed by atoms with Crippen LogP contribution in [0.3, 0.4) is 0 Å². The topological polar surface area (TPSA) is 99.5 Å². The Morgan fingerprint density at radius 3 is 2.38 bits per heavy atom. The highest BCUT2D eigenvalue weighted by Gasteiger charge is 2.40. The van der Waals surface area contributed by atoms with Crippen molar-refractivity contribution < 1.29 is 19.1 Å². The molecule has 0 heterocycles. The highest BCUT2D eigenvalue weighted by Crippen LogP contribution is 2.33. The number of esters is 1. The highest BCUT2D eigenvalue weighted by atomic mass is 16.5. The lowest BCUT2D eigenvalue weighted by Crippen LogP contribution is -2.53. The summed E-state index contributed by atoms with van der Waals surface area (Å²) in [6, 6.07) is 11.3. The lowest BCUT2D eigenvalue weighted by atomic mass is 9.81. The minimum absolute atomic E-state index is 0.0568. The molecule has 7 nitrogen and oxygen atoms in total. The Bertz CT molecular complexity index is 820. The van der Waals surface area contributed by atoms with E-state index in [9.17, 15) is 19.6 Å². The second-order valence-corrected chi connectivity index (χ2v) is 7.30. The molecule has 0 aromatic heterocycles. The molecule has 1 aromatic rings. The van der Waals surface area contributed by atoms with Gasteiger partial charge in [-0.05, 0) is 31.4 Å². The van der Waals surface area contributed by atoms with Gasteiger partial charge in [-0.3, -0.25) is 9.59 Å². The molecule has 0 spiro atoms. The van der Waals surface area contributed by atoms with E-state index in [1.54, 1.807) is 31.3 Å². The molecule has 154 valence electrons. The van der Waals surface area contributed by atoms with Crippen LogP contribution in [0, 0.1) is 11.3 Å². The molecule has 0 bridgehead atoms. The number of nitrogens with zero attached hydrogens (tertiary/aromatic N) is 2. The van der Waals surface area contributed by atoms with Crippen LogP contribution in [0.5, 0.6) is 0 Å². The summed E-state index contributed by atoms with van der Waals surface area (Å²) < 4.78 is 5.33. The lowest BCUT2D eigenvalue weighted by Gasteiger charge is -2.39. The summed E-state index contributed by atoms with van der Waals surface area (Å²) in [5.74, 6) is -1.68. The summed E-state index contributed by atoms with van der Waals surface area (Å²) in [7, 11) is 1.58. The van der Waals surface area contributed by atoms with Crippen LogP contribution in [0.1, 0.15) is 51.5 Å². The first-order chi connectivity index (χ1) is 13.8. The van der Waals surface area contributed by atoms with Gasteiger partial charge in [-0.2, -0.15) is 5.26 Å². The van der Waals surface area contributed by atoms with Crippen LogP contribution < -0.4 is 5.32 Å². The number of nitriles is 1. The number of likely N-dealkylation sites (N-methyl/N-ethyl adjacent to an activating group) is 1. The van der Waals surface area contributed by atoms with Gasteiger partial charge in [-0.15, -0.1) is 0 Å². The zero-order valence-corrected chi connectivity index (χ0v) is 17.1. The zero-order chi connectivity index (χ0) is 21.4. The van der Waals surface area contributed by atoms with E-state index in [-0.39, 0.29) is 5.70 Å². The number of nitrogens with one attached hydrogen (secondary N) is 1. The Balaban J connectivity index is 2.14. The second-order valence-electron chi connectivity index (χ2n) is 7.30. The van der Waals surface area contributed by atoms with Crippen LogP contribution in [0.15, 0.2) is 36.0 Å². The van der Waals surface area contributed by atoms with Crippen LogP contribution in [-0.2, 0) is 19.1 Å². The third-order valence-electron chi connectivity index (χ3n) is 5.13. The molecule has 1 N–H and O–H groups in total. The molecule has 0 saturated heterocycles. The zero-order valence-electron chi connectivity index (χ0n) is 17.1. The van der Waals surface area contributed by atoms with Gasteiger partial charge in [-0.1, -0.05) is 49.6 Å². The number of hydrogen-bond acceptors (Lipinski definition) is 5. The van der Waals surface area contributed by atoms with E-state index < -0.39 is 29.4 Å². The highest BCUT2D eigenvalue weighted by molar-refractivity contribution is 5.98. The van der Waals surface area contributed by atoms with Crippen LogP contribution in [0.4, 0.5) is 0 Å². The van der Waals surface area contributed by atoms with Crippen molar-refractivity contribution in [2.75, 3.05) is 7.05 Å². The van der Waals surface area contributed by atoms with E-state index >= 15 is 0 Å². The number of benzene rings is 1. The summed E-state index contributed by atoms with van der Waals surface area (Å²) in [4.78, 5) is 38.3. The van der Waals surface area contributed by atoms with E-state index in [0.29, 0.717) is 18.4 Å². The average molecular weight is 397 g/mol. The summed E-state index contributed by atoms with van der Waals surface area (Å²) in [5.41, 5.74) is -0.218. The summed E-state index contributed by atoms with van der Waals surface area (Å²) >= 11 is 0. The molecule has 29 heavy (non-hydrogen) atoms. The Kier molecular flexibility index (Phi) is 7.54. The summed E-state index contributed by atoms with van der Waals surface area (Å²) in [6.07, 6.45) is 4.42. The van der Waals surface area contributed by atoms with Gasteiger partial charge in [0, 0.05) is 14.0 Å². The summed E-state index contributed by atoms with van der Waals surface area (Å²) in [6.45, 7) is 2.76. The molecule has 1 saturated carbocycles. The Labute approximate surface area is 171 Å². The SMILES string of the molecule is CC(=O)N/C(=C\c1ccccc1)C(=O)O[C@@H](C)C(=O)N(C)C1(C#N)CCCCC1. The minimum Gasteiger partial charge on any atom is -0.448 e. The van der Waals surface area contributed by atoms with Crippen molar-refractivity contribution in [3.8, 4) is 6.07 Å². The van der Waals surface area contributed by atoms with Gasteiger partial charge in [0.15, 0.2) is 6.10 Å². The van der Waals surface area contributed by atoms with Gasteiger partial charge >= 0.3 is 5.97 Å². The van der Waals surface area contributed by atoms with E-state index in [1.165, 1.54) is 24.8 Å². The maximum absolute atomic E-state index is 12.8. The van der Waals surface area contributed by atoms with Crippen molar-refractivity contribution >= 4 is 23.9 Å². The van der Waals surface area contributed by atoms with Crippen molar-refractivity contribution in [1.82, 2.24) is 10.2 Å². The smallest absolute Gasteiger partial charge is 0.355 e. The predicted molar refractivity (Wildman–Crippen MR) is 108 cm³/mol. The van der Waals surface area contributed by atoms with Gasteiger partial charge in [0.05, 0.1) is 6.07 Å². The molecular formula is C22H27N3O4. The van der Waals surface area contributed by atoms with Crippen LogP contribution >= 0.6 is 0 Å². The largest absolute Gasteiger partial charge is 0.448 e. The lowest BCUT2D eigenvalue weighted by molar-refractivity contribution is -0.158. The van der Waals surface area contributed by atoms with E-state index in [2.05, 4.69) is 11.4 Å². The van der Waals surface area contributed by atoms with Crippen molar-refractivity contribution in [3.05, 3.63) is 41.6 Å². The fraction of sp³-hybridized carbons (Fsp3) is 0.455. The number of hydrogen-bond donors (Lipinski definition) is 1. The minimum atomic E-state index is -1.09. The number of ether oxygens (including phenoxy) is 1. The molecule has 0 aliphatic heterocycles. The molecular weight excluding hydrogens is 370 g/mol. The maximum atomic E-state index is 12.8. The van der Waals surface area contributed by atoms with Gasteiger partial charge in [0.2, 0.25) is 5.91 Å². The fourth-order valence-electron chi connectivity index (χ4n) is 3.47.